The fourth-order valence-corrected chi connectivity index (χ4v) is 10.3. The minimum atomic E-state index is -0.0904. The van der Waals surface area contributed by atoms with Gasteiger partial charge in [0.15, 0.2) is 5.82 Å². The number of benzene rings is 8. The molecule has 0 spiro atoms. The molecule has 0 saturated carbocycles. The van der Waals surface area contributed by atoms with E-state index in [-0.39, 0.29) is 5.41 Å². The first-order valence-corrected chi connectivity index (χ1v) is 20.7. The monoisotopic (exact) mass is 758 g/mol. The third-order valence-electron chi connectivity index (χ3n) is 11.9. The average Bonchev–Trinajstić information content (AvgIpc) is 3.79. The Morgan fingerprint density at radius 3 is 1.71 bits per heavy atom. The van der Waals surface area contributed by atoms with Crippen molar-refractivity contribution in [2.75, 3.05) is 0 Å². The summed E-state index contributed by atoms with van der Waals surface area (Å²) in [5, 5.41) is 2.58. The van der Waals surface area contributed by atoms with Crippen LogP contribution in [0.5, 0.6) is 0 Å². The second kappa shape index (κ2) is 13.6. The Morgan fingerprint density at radius 2 is 0.914 bits per heavy atom. The number of nitrogens with zero attached hydrogens (tertiary/aromatic N) is 2. The van der Waals surface area contributed by atoms with Crippen molar-refractivity contribution in [3.05, 3.63) is 205 Å². The van der Waals surface area contributed by atoms with Gasteiger partial charge in [-0.15, -0.1) is 11.3 Å². The maximum atomic E-state index is 5.33. The minimum Gasteiger partial charge on any atom is -0.228 e. The molecule has 0 radical (unpaired) electrons. The summed E-state index contributed by atoms with van der Waals surface area (Å²) in [5.74, 6) is 0.706. The molecule has 0 fully saturated rings. The largest absolute Gasteiger partial charge is 0.228 e. The van der Waals surface area contributed by atoms with Crippen molar-refractivity contribution in [1.82, 2.24) is 9.97 Å². The zero-order valence-corrected chi connectivity index (χ0v) is 33.1. The van der Waals surface area contributed by atoms with Crippen LogP contribution in [0.1, 0.15) is 25.0 Å². The van der Waals surface area contributed by atoms with E-state index in [1.165, 1.54) is 64.7 Å². The number of rotatable bonds is 6. The first-order valence-electron chi connectivity index (χ1n) is 19.9. The van der Waals surface area contributed by atoms with E-state index >= 15 is 0 Å². The van der Waals surface area contributed by atoms with Crippen LogP contribution in [0.2, 0.25) is 0 Å². The number of hydrogen-bond acceptors (Lipinski definition) is 3. The Hall–Kier alpha value is -6.94. The van der Waals surface area contributed by atoms with Crippen LogP contribution in [0.15, 0.2) is 194 Å². The molecule has 0 bridgehead atoms. The van der Waals surface area contributed by atoms with Crippen molar-refractivity contribution in [2.24, 2.45) is 0 Å². The summed E-state index contributed by atoms with van der Waals surface area (Å²) < 4.78 is 2.58. The van der Waals surface area contributed by atoms with Gasteiger partial charge in [-0.25, -0.2) is 9.97 Å². The Kier molecular flexibility index (Phi) is 8.06. The molecule has 3 heteroatoms. The highest BCUT2D eigenvalue weighted by molar-refractivity contribution is 7.26. The van der Waals surface area contributed by atoms with E-state index < -0.39 is 0 Å². The summed E-state index contributed by atoms with van der Waals surface area (Å²) in [7, 11) is 0. The van der Waals surface area contributed by atoms with Crippen LogP contribution in [0.25, 0.3) is 98.6 Å². The highest BCUT2D eigenvalue weighted by atomic mass is 32.1. The van der Waals surface area contributed by atoms with Crippen molar-refractivity contribution < 1.29 is 0 Å². The van der Waals surface area contributed by atoms with Crippen LogP contribution in [-0.2, 0) is 5.41 Å². The van der Waals surface area contributed by atoms with Crippen molar-refractivity contribution in [1.29, 1.82) is 0 Å². The topological polar surface area (TPSA) is 25.8 Å². The lowest BCUT2D eigenvalue weighted by Gasteiger charge is -2.22. The van der Waals surface area contributed by atoms with Crippen LogP contribution in [0, 0.1) is 0 Å². The molecule has 1 aliphatic carbocycles. The van der Waals surface area contributed by atoms with Gasteiger partial charge >= 0.3 is 0 Å². The summed E-state index contributed by atoms with van der Waals surface area (Å²) in [6, 6.07) is 70.2. The van der Waals surface area contributed by atoms with E-state index in [0.717, 1.165) is 39.2 Å². The van der Waals surface area contributed by atoms with E-state index in [1.54, 1.807) is 0 Å². The van der Waals surface area contributed by atoms with E-state index in [1.807, 2.05) is 23.5 Å². The minimum absolute atomic E-state index is 0.0904. The van der Waals surface area contributed by atoms with Crippen LogP contribution in [-0.4, -0.2) is 9.97 Å². The average molecular weight is 759 g/mol. The van der Waals surface area contributed by atoms with Gasteiger partial charge in [0, 0.05) is 42.3 Å². The number of fused-ring (bicyclic) bond motifs is 6. The summed E-state index contributed by atoms with van der Waals surface area (Å²) in [5.41, 5.74) is 17.3. The first kappa shape index (κ1) is 34.3. The maximum Gasteiger partial charge on any atom is 0.160 e. The third-order valence-corrected chi connectivity index (χ3v) is 13.1. The SMILES string of the molecule is CC1(C)c2ccccc2-c2c(-c3ccccc3-c3cc(-c4cc(-c5ccccc5)nc(-c5ccccc5)n4)cc(-c4cccc5c4sc4ccccc45)c3)cccc21. The Labute approximate surface area is 342 Å². The standard InChI is InChI=1S/C55H38N2S/c1-55(2)47-28-13-11-24-46(47)52-44(26-16-29-48(52)55)42-22-10-9-21-40(42)37-31-38(41-25-15-27-45-43-23-12-14-30-51(43)58-53(41)45)33-39(32-37)50-34-49(35-17-5-3-6-18-35)56-54(57-50)36-19-7-4-8-20-36/h3-34H,1-2H3. The third kappa shape index (κ3) is 5.62. The van der Waals surface area contributed by atoms with Crippen molar-refractivity contribution in [3.8, 4) is 78.4 Å². The zero-order chi connectivity index (χ0) is 38.8. The molecule has 1 aliphatic rings. The molecule has 8 aromatic carbocycles. The lowest BCUT2D eigenvalue weighted by atomic mass is 9.81. The van der Waals surface area contributed by atoms with Crippen molar-refractivity contribution >= 4 is 31.5 Å². The molecular formula is C55H38N2S. The predicted molar refractivity (Wildman–Crippen MR) is 245 cm³/mol. The molecule has 58 heavy (non-hydrogen) atoms. The molecule has 0 unspecified atom stereocenters. The normalized spacial score (nSPS) is 12.8. The summed E-state index contributed by atoms with van der Waals surface area (Å²) >= 11 is 1.87. The molecule has 0 amide bonds. The van der Waals surface area contributed by atoms with Crippen LogP contribution >= 0.6 is 11.3 Å². The van der Waals surface area contributed by atoms with Gasteiger partial charge < -0.3 is 0 Å². The van der Waals surface area contributed by atoms with Gasteiger partial charge in [-0.3, -0.25) is 0 Å². The Bertz CT molecular complexity index is 3140. The fraction of sp³-hybridized carbons (Fsp3) is 0.0545. The quantitative estimate of drug-likeness (QED) is 0.169. The molecule has 0 N–H and O–H groups in total. The van der Waals surface area contributed by atoms with E-state index in [2.05, 4.69) is 196 Å². The molecule has 2 nitrogen and oxygen atoms in total. The van der Waals surface area contributed by atoms with Gasteiger partial charge in [0.05, 0.1) is 11.4 Å². The van der Waals surface area contributed by atoms with Crippen LogP contribution in [0.4, 0.5) is 0 Å². The summed E-state index contributed by atoms with van der Waals surface area (Å²) in [4.78, 5) is 10.5. The van der Waals surface area contributed by atoms with Gasteiger partial charge in [-0.1, -0.05) is 178 Å². The fourth-order valence-electron chi connectivity index (χ4n) is 9.08. The van der Waals surface area contributed by atoms with Gasteiger partial charge in [0.1, 0.15) is 0 Å². The second-order valence-electron chi connectivity index (χ2n) is 15.7. The molecular weight excluding hydrogens is 721 g/mol. The van der Waals surface area contributed by atoms with Gasteiger partial charge in [0.2, 0.25) is 0 Å². The lowest BCUT2D eigenvalue weighted by Crippen LogP contribution is -2.14. The molecule has 11 rings (SSSR count). The van der Waals surface area contributed by atoms with Gasteiger partial charge in [-0.2, -0.15) is 0 Å². The van der Waals surface area contributed by atoms with Gasteiger partial charge in [-0.05, 0) is 86.0 Å². The number of aromatic nitrogens is 2. The first-order chi connectivity index (χ1) is 28.5. The Morgan fingerprint density at radius 1 is 0.379 bits per heavy atom. The lowest BCUT2D eigenvalue weighted by molar-refractivity contribution is 0.660. The molecule has 2 heterocycles. The van der Waals surface area contributed by atoms with Crippen LogP contribution < -0.4 is 0 Å². The molecule has 0 atom stereocenters. The smallest absolute Gasteiger partial charge is 0.160 e. The highest BCUT2D eigenvalue weighted by Gasteiger charge is 2.36. The molecule has 10 aromatic rings. The number of thiophene rings is 1. The van der Waals surface area contributed by atoms with E-state index in [4.69, 9.17) is 9.97 Å². The van der Waals surface area contributed by atoms with Crippen molar-refractivity contribution in [2.45, 2.75) is 19.3 Å². The highest BCUT2D eigenvalue weighted by Crippen LogP contribution is 2.53. The van der Waals surface area contributed by atoms with E-state index in [9.17, 15) is 0 Å². The Balaban J connectivity index is 1.18. The van der Waals surface area contributed by atoms with E-state index in [0.29, 0.717) is 5.82 Å². The second-order valence-corrected chi connectivity index (χ2v) is 16.8. The maximum absolute atomic E-state index is 5.33. The van der Waals surface area contributed by atoms with Crippen LogP contribution in [0.3, 0.4) is 0 Å². The predicted octanol–water partition coefficient (Wildman–Crippen LogP) is 15.2. The molecule has 0 aliphatic heterocycles. The zero-order valence-electron chi connectivity index (χ0n) is 32.3. The van der Waals surface area contributed by atoms with Gasteiger partial charge in [0.25, 0.3) is 0 Å². The molecule has 0 saturated heterocycles. The molecule has 2 aromatic heterocycles. The summed E-state index contributed by atoms with van der Waals surface area (Å²) in [6.07, 6.45) is 0. The summed E-state index contributed by atoms with van der Waals surface area (Å²) in [6.45, 7) is 4.71. The molecule has 274 valence electrons. The van der Waals surface area contributed by atoms with Crippen molar-refractivity contribution in [3.63, 3.8) is 0 Å². The number of hydrogen-bond donors (Lipinski definition) is 0.